The molecule has 2 aliphatic rings. The Morgan fingerprint density at radius 2 is 2.36 bits per heavy atom. The van der Waals surface area contributed by atoms with Crippen LogP contribution in [0.5, 0.6) is 5.75 Å². The van der Waals surface area contributed by atoms with Gasteiger partial charge >= 0.3 is 0 Å². The number of nitrogens with zero attached hydrogens (tertiary/aromatic N) is 1. The van der Waals surface area contributed by atoms with Gasteiger partial charge in [0, 0.05) is 13.5 Å². The summed E-state index contributed by atoms with van der Waals surface area (Å²) in [4.78, 5) is 14.6. The normalized spacial score (nSPS) is 22.4. The molecule has 1 aromatic rings. The lowest BCUT2D eigenvalue weighted by Gasteiger charge is -2.12. The first-order valence-corrected chi connectivity index (χ1v) is 8.35. The van der Waals surface area contributed by atoms with Gasteiger partial charge in [0.1, 0.15) is 16.2 Å². The zero-order valence-corrected chi connectivity index (χ0v) is 14.1. The predicted octanol–water partition coefficient (Wildman–Crippen LogP) is 2.86. The van der Waals surface area contributed by atoms with Crippen LogP contribution in [0.3, 0.4) is 0 Å². The van der Waals surface area contributed by atoms with Crippen LogP contribution in [-0.2, 0) is 16.0 Å². The molecule has 22 heavy (non-hydrogen) atoms. The maximum absolute atomic E-state index is 12.4. The van der Waals surface area contributed by atoms with Crippen LogP contribution in [0.15, 0.2) is 23.1 Å². The molecule has 116 valence electrons. The minimum Gasteiger partial charge on any atom is -0.490 e. The first-order valence-electron chi connectivity index (χ1n) is 7.12. The lowest BCUT2D eigenvalue weighted by molar-refractivity contribution is -0.122. The van der Waals surface area contributed by atoms with Crippen molar-refractivity contribution in [3.05, 3.63) is 34.2 Å². The SMILES string of the molecule is COCCN1C(=O)/C(=C\c2ccc3c(c2)CC(C)O3)SC1=S. The molecule has 0 spiro atoms. The van der Waals surface area contributed by atoms with Gasteiger partial charge < -0.3 is 9.47 Å². The molecule has 0 saturated carbocycles. The molecule has 0 radical (unpaired) electrons. The van der Waals surface area contributed by atoms with Crippen molar-refractivity contribution in [2.24, 2.45) is 0 Å². The van der Waals surface area contributed by atoms with Gasteiger partial charge in [0.25, 0.3) is 5.91 Å². The van der Waals surface area contributed by atoms with Gasteiger partial charge in [-0.2, -0.15) is 0 Å². The highest BCUT2D eigenvalue weighted by atomic mass is 32.2. The van der Waals surface area contributed by atoms with Crippen LogP contribution in [0.2, 0.25) is 0 Å². The summed E-state index contributed by atoms with van der Waals surface area (Å²) in [5, 5.41) is 0. The zero-order chi connectivity index (χ0) is 15.7. The second-order valence-electron chi connectivity index (χ2n) is 5.33. The zero-order valence-electron chi connectivity index (χ0n) is 12.5. The van der Waals surface area contributed by atoms with Crippen molar-refractivity contribution in [1.82, 2.24) is 4.90 Å². The van der Waals surface area contributed by atoms with Crippen molar-refractivity contribution in [2.75, 3.05) is 20.3 Å². The molecule has 1 fully saturated rings. The lowest BCUT2D eigenvalue weighted by atomic mass is 10.1. The van der Waals surface area contributed by atoms with E-state index in [9.17, 15) is 4.79 Å². The van der Waals surface area contributed by atoms with Gasteiger partial charge in [0.15, 0.2) is 0 Å². The standard InChI is InChI=1S/C16H17NO3S2/c1-10-7-12-8-11(3-4-13(12)20-10)9-14-15(18)17(5-6-19-2)16(21)22-14/h3-4,8-10H,5-7H2,1-2H3/b14-9+. The molecule has 1 aromatic carbocycles. The predicted molar refractivity (Wildman–Crippen MR) is 92.0 cm³/mol. The number of benzene rings is 1. The Kier molecular flexibility index (Phi) is 4.52. The molecule has 1 unspecified atom stereocenters. The Hall–Kier alpha value is -1.37. The van der Waals surface area contributed by atoms with Crippen LogP contribution in [0.25, 0.3) is 6.08 Å². The maximum Gasteiger partial charge on any atom is 0.266 e. The summed E-state index contributed by atoms with van der Waals surface area (Å²) in [6.45, 7) is 3.03. The number of thioether (sulfide) groups is 1. The number of amides is 1. The molecule has 2 aliphatic heterocycles. The number of methoxy groups -OCH3 is 1. The Morgan fingerprint density at radius 1 is 1.55 bits per heavy atom. The molecule has 0 N–H and O–H groups in total. The lowest BCUT2D eigenvalue weighted by Crippen LogP contribution is -2.31. The average molecular weight is 335 g/mol. The van der Waals surface area contributed by atoms with Crippen LogP contribution in [0, 0.1) is 0 Å². The summed E-state index contributed by atoms with van der Waals surface area (Å²) < 4.78 is 11.3. The minimum atomic E-state index is -0.0443. The third-order valence-corrected chi connectivity index (χ3v) is 4.99. The van der Waals surface area contributed by atoms with E-state index in [2.05, 4.69) is 13.0 Å². The number of ether oxygens (including phenoxy) is 2. The van der Waals surface area contributed by atoms with Crippen LogP contribution in [0.4, 0.5) is 0 Å². The number of fused-ring (bicyclic) bond motifs is 1. The number of hydrogen-bond donors (Lipinski definition) is 0. The maximum atomic E-state index is 12.4. The number of hydrogen-bond acceptors (Lipinski definition) is 5. The molecular weight excluding hydrogens is 318 g/mol. The number of carbonyl (C=O) groups is 1. The van der Waals surface area contributed by atoms with E-state index in [0.717, 1.165) is 17.7 Å². The molecule has 4 nitrogen and oxygen atoms in total. The van der Waals surface area contributed by atoms with Crippen LogP contribution >= 0.6 is 24.0 Å². The minimum absolute atomic E-state index is 0.0443. The van der Waals surface area contributed by atoms with Gasteiger partial charge in [-0.3, -0.25) is 9.69 Å². The molecule has 1 amide bonds. The van der Waals surface area contributed by atoms with Crippen molar-refractivity contribution in [2.45, 2.75) is 19.4 Å². The molecule has 3 rings (SSSR count). The Balaban J connectivity index is 1.80. The third-order valence-electron chi connectivity index (χ3n) is 3.61. The topological polar surface area (TPSA) is 38.8 Å². The van der Waals surface area contributed by atoms with E-state index in [-0.39, 0.29) is 12.0 Å². The summed E-state index contributed by atoms with van der Waals surface area (Å²) in [6.07, 6.45) is 3.03. The highest BCUT2D eigenvalue weighted by Gasteiger charge is 2.31. The molecule has 0 aromatic heterocycles. The van der Waals surface area contributed by atoms with E-state index in [4.69, 9.17) is 21.7 Å². The van der Waals surface area contributed by atoms with Gasteiger partial charge in [0.2, 0.25) is 0 Å². The number of carbonyl (C=O) groups excluding carboxylic acids is 1. The molecule has 1 atom stereocenters. The molecule has 1 saturated heterocycles. The monoisotopic (exact) mass is 335 g/mol. The summed E-state index contributed by atoms with van der Waals surface area (Å²) in [6, 6.07) is 6.02. The molecule has 6 heteroatoms. The molecule has 0 bridgehead atoms. The van der Waals surface area contributed by atoms with Crippen LogP contribution in [0.1, 0.15) is 18.1 Å². The van der Waals surface area contributed by atoms with E-state index in [1.165, 1.54) is 17.3 Å². The fourth-order valence-corrected chi connectivity index (χ4v) is 3.87. The van der Waals surface area contributed by atoms with Crippen molar-refractivity contribution in [3.63, 3.8) is 0 Å². The average Bonchev–Trinajstić information content (AvgIpc) is 2.97. The Bertz CT molecular complexity index is 657. The second kappa shape index (κ2) is 6.40. The van der Waals surface area contributed by atoms with E-state index in [1.54, 1.807) is 12.0 Å². The molecule has 0 aliphatic carbocycles. The quantitative estimate of drug-likeness (QED) is 0.625. The fourth-order valence-electron chi connectivity index (χ4n) is 2.56. The Morgan fingerprint density at radius 3 is 3.14 bits per heavy atom. The van der Waals surface area contributed by atoms with Gasteiger partial charge in [-0.25, -0.2) is 0 Å². The third kappa shape index (κ3) is 3.04. The van der Waals surface area contributed by atoms with E-state index < -0.39 is 0 Å². The first kappa shape index (κ1) is 15.5. The number of thiocarbonyl (C=S) groups is 1. The second-order valence-corrected chi connectivity index (χ2v) is 7.00. The summed E-state index contributed by atoms with van der Waals surface area (Å²) in [5.74, 6) is 0.898. The van der Waals surface area contributed by atoms with E-state index in [1.807, 2.05) is 18.2 Å². The number of rotatable bonds is 4. The first-order chi connectivity index (χ1) is 10.6. The van der Waals surface area contributed by atoms with Crippen molar-refractivity contribution >= 4 is 40.3 Å². The van der Waals surface area contributed by atoms with Crippen molar-refractivity contribution in [1.29, 1.82) is 0 Å². The van der Waals surface area contributed by atoms with Gasteiger partial charge in [-0.05, 0) is 36.3 Å². The smallest absolute Gasteiger partial charge is 0.266 e. The van der Waals surface area contributed by atoms with Gasteiger partial charge in [-0.1, -0.05) is 30.0 Å². The van der Waals surface area contributed by atoms with E-state index in [0.29, 0.717) is 22.4 Å². The fraction of sp³-hybridized carbons (Fsp3) is 0.375. The van der Waals surface area contributed by atoms with E-state index >= 15 is 0 Å². The summed E-state index contributed by atoms with van der Waals surface area (Å²) in [7, 11) is 1.61. The molecule has 2 heterocycles. The van der Waals surface area contributed by atoms with Crippen LogP contribution < -0.4 is 4.74 Å². The van der Waals surface area contributed by atoms with Crippen LogP contribution in [-0.4, -0.2) is 41.5 Å². The largest absolute Gasteiger partial charge is 0.490 e. The highest BCUT2D eigenvalue weighted by molar-refractivity contribution is 8.26. The van der Waals surface area contributed by atoms with Gasteiger partial charge in [-0.15, -0.1) is 0 Å². The highest BCUT2D eigenvalue weighted by Crippen LogP contribution is 2.34. The Labute approximate surface area is 139 Å². The summed E-state index contributed by atoms with van der Waals surface area (Å²) in [5.41, 5.74) is 2.19. The summed E-state index contributed by atoms with van der Waals surface area (Å²) >= 11 is 6.61. The van der Waals surface area contributed by atoms with Gasteiger partial charge in [0.05, 0.1) is 18.1 Å². The van der Waals surface area contributed by atoms with Crippen molar-refractivity contribution < 1.29 is 14.3 Å². The molecular formula is C16H17NO3S2. The van der Waals surface area contributed by atoms with Crippen molar-refractivity contribution in [3.8, 4) is 5.75 Å².